The van der Waals surface area contributed by atoms with E-state index in [2.05, 4.69) is 10.4 Å². The van der Waals surface area contributed by atoms with Crippen molar-refractivity contribution in [2.45, 2.75) is 13.3 Å². The minimum atomic E-state index is -0.0885. The van der Waals surface area contributed by atoms with E-state index in [9.17, 15) is 4.79 Å². The van der Waals surface area contributed by atoms with Crippen molar-refractivity contribution in [2.75, 3.05) is 5.32 Å². The number of hydrogen-bond donors (Lipinski definition) is 1. The number of amides is 1. The number of aromatic nitrogens is 2. The molecule has 1 aromatic heterocycles. The fourth-order valence-electron chi connectivity index (χ4n) is 2.41. The van der Waals surface area contributed by atoms with Gasteiger partial charge in [-0.2, -0.15) is 5.10 Å². The molecule has 0 radical (unpaired) electrons. The van der Waals surface area contributed by atoms with E-state index in [1.54, 1.807) is 36.0 Å². The van der Waals surface area contributed by atoms with Gasteiger partial charge in [-0.25, -0.2) is 0 Å². The molecule has 5 nitrogen and oxygen atoms in total. The lowest BCUT2D eigenvalue weighted by molar-refractivity contribution is -0.115. The summed E-state index contributed by atoms with van der Waals surface area (Å²) in [5.41, 5.74) is 1.77. The third-order valence-corrected chi connectivity index (χ3v) is 3.86. The predicted molar refractivity (Wildman–Crippen MR) is 98.2 cm³/mol. The van der Waals surface area contributed by atoms with Gasteiger partial charge in [0.15, 0.2) is 0 Å². The monoisotopic (exact) mass is 355 g/mol. The Morgan fingerprint density at radius 1 is 1.12 bits per heavy atom. The molecule has 0 unspecified atom stereocenters. The first-order chi connectivity index (χ1) is 12.0. The second kappa shape index (κ2) is 7.40. The summed E-state index contributed by atoms with van der Waals surface area (Å²) in [5.74, 6) is 2.01. The number of aryl methyl sites for hydroxylation is 2. The molecule has 1 heterocycles. The van der Waals surface area contributed by atoms with Crippen LogP contribution in [0.4, 0.5) is 5.82 Å². The van der Waals surface area contributed by atoms with Crippen LogP contribution in [0.1, 0.15) is 11.3 Å². The van der Waals surface area contributed by atoms with Crippen LogP contribution in [0.25, 0.3) is 0 Å². The minimum absolute atomic E-state index is 0.0885. The number of benzene rings is 2. The predicted octanol–water partition coefficient (Wildman–Crippen LogP) is 4.36. The highest BCUT2D eigenvalue weighted by Crippen LogP contribution is 2.23. The zero-order valence-electron chi connectivity index (χ0n) is 14.0. The maximum absolute atomic E-state index is 12.2. The summed E-state index contributed by atoms with van der Waals surface area (Å²) >= 11 is 5.85. The average molecular weight is 356 g/mol. The van der Waals surface area contributed by atoms with E-state index in [4.69, 9.17) is 16.3 Å². The maximum Gasteiger partial charge on any atom is 0.229 e. The molecule has 0 aliphatic rings. The molecule has 2 aromatic carbocycles. The Morgan fingerprint density at radius 2 is 1.72 bits per heavy atom. The number of carbonyl (C=O) groups excluding carboxylic acids is 1. The lowest BCUT2D eigenvalue weighted by atomic mass is 10.1. The molecule has 0 aliphatic carbocycles. The lowest BCUT2D eigenvalue weighted by Gasteiger charge is -2.08. The Balaban J connectivity index is 1.59. The molecule has 1 N–H and O–H groups in total. The van der Waals surface area contributed by atoms with Crippen molar-refractivity contribution in [3.8, 4) is 11.5 Å². The molecule has 25 heavy (non-hydrogen) atoms. The highest BCUT2D eigenvalue weighted by Gasteiger charge is 2.08. The van der Waals surface area contributed by atoms with Crippen LogP contribution < -0.4 is 10.1 Å². The number of rotatable bonds is 5. The number of ether oxygens (including phenoxy) is 1. The van der Waals surface area contributed by atoms with E-state index in [0.29, 0.717) is 22.3 Å². The van der Waals surface area contributed by atoms with Gasteiger partial charge in [-0.3, -0.25) is 9.48 Å². The average Bonchev–Trinajstić information content (AvgIpc) is 2.89. The van der Waals surface area contributed by atoms with E-state index in [1.165, 1.54) is 0 Å². The summed E-state index contributed by atoms with van der Waals surface area (Å²) in [7, 11) is 1.80. The van der Waals surface area contributed by atoms with Crippen LogP contribution in [-0.4, -0.2) is 15.7 Å². The van der Waals surface area contributed by atoms with Crippen LogP contribution in [0.2, 0.25) is 5.02 Å². The number of hydrogen-bond acceptors (Lipinski definition) is 3. The first kappa shape index (κ1) is 17.0. The Morgan fingerprint density at radius 3 is 2.28 bits per heavy atom. The second-order valence-corrected chi connectivity index (χ2v) is 6.16. The Bertz CT molecular complexity index is 871. The van der Waals surface area contributed by atoms with E-state index in [0.717, 1.165) is 11.3 Å². The third-order valence-electron chi connectivity index (χ3n) is 3.61. The van der Waals surface area contributed by atoms with Gasteiger partial charge in [0.25, 0.3) is 0 Å². The highest BCUT2D eigenvalue weighted by molar-refractivity contribution is 6.30. The van der Waals surface area contributed by atoms with Gasteiger partial charge in [-0.05, 0) is 48.9 Å². The fourth-order valence-corrected chi connectivity index (χ4v) is 2.54. The van der Waals surface area contributed by atoms with Crippen molar-refractivity contribution < 1.29 is 9.53 Å². The molecular formula is C19H18ClN3O2. The normalized spacial score (nSPS) is 10.5. The molecule has 0 spiro atoms. The second-order valence-electron chi connectivity index (χ2n) is 5.72. The number of nitrogens with zero attached hydrogens (tertiary/aromatic N) is 2. The minimum Gasteiger partial charge on any atom is -0.457 e. The van der Waals surface area contributed by atoms with Crippen LogP contribution in [0, 0.1) is 6.92 Å². The van der Waals surface area contributed by atoms with Gasteiger partial charge in [0, 0.05) is 18.1 Å². The summed E-state index contributed by atoms with van der Waals surface area (Å²) < 4.78 is 7.39. The van der Waals surface area contributed by atoms with Crippen LogP contribution in [0.5, 0.6) is 11.5 Å². The van der Waals surface area contributed by atoms with Crippen LogP contribution in [0.3, 0.4) is 0 Å². The topological polar surface area (TPSA) is 56.1 Å². The Kier molecular flexibility index (Phi) is 5.05. The summed E-state index contributed by atoms with van der Waals surface area (Å²) in [6, 6.07) is 16.4. The number of anilines is 1. The van der Waals surface area contributed by atoms with Crippen molar-refractivity contribution >= 4 is 23.3 Å². The summed E-state index contributed by atoms with van der Waals surface area (Å²) in [5, 5.41) is 7.73. The maximum atomic E-state index is 12.2. The SMILES string of the molecule is Cc1cc(NC(=O)Cc2ccc(Oc3ccc(Cl)cc3)cc2)n(C)n1. The smallest absolute Gasteiger partial charge is 0.229 e. The summed E-state index contributed by atoms with van der Waals surface area (Å²) in [6.45, 7) is 1.88. The van der Waals surface area contributed by atoms with E-state index in [1.807, 2.05) is 37.3 Å². The summed E-state index contributed by atoms with van der Waals surface area (Å²) in [6.07, 6.45) is 0.283. The van der Waals surface area contributed by atoms with Gasteiger partial charge in [-0.15, -0.1) is 0 Å². The first-order valence-electron chi connectivity index (χ1n) is 7.82. The zero-order chi connectivity index (χ0) is 17.8. The van der Waals surface area contributed by atoms with Crippen LogP contribution in [-0.2, 0) is 18.3 Å². The quantitative estimate of drug-likeness (QED) is 0.740. The number of nitrogens with one attached hydrogen (secondary N) is 1. The van der Waals surface area contributed by atoms with Crippen molar-refractivity contribution in [1.29, 1.82) is 0 Å². The van der Waals surface area contributed by atoms with Gasteiger partial charge in [0.1, 0.15) is 17.3 Å². The number of halogens is 1. The molecule has 0 aliphatic heterocycles. The Hall–Kier alpha value is -2.79. The van der Waals surface area contributed by atoms with Gasteiger partial charge in [0.2, 0.25) is 5.91 Å². The number of carbonyl (C=O) groups is 1. The largest absolute Gasteiger partial charge is 0.457 e. The molecule has 128 valence electrons. The standard InChI is InChI=1S/C19H18ClN3O2/c1-13-11-18(23(2)22-13)21-19(24)12-14-3-7-16(8-4-14)25-17-9-5-15(20)6-10-17/h3-11H,12H2,1-2H3,(H,21,24). The molecule has 0 atom stereocenters. The molecule has 0 saturated heterocycles. The molecule has 1 amide bonds. The summed E-state index contributed by atoms with van der Waals surface area (Å²) in [4.78, 5) is 12.2. The van der Waals surface area contributed by atoms with Gasteiger partial charge in [-0.1, -0.05) is 23.7 Å². The van der Waals surface area contributed by atoms with E-state index in [-0.39, 0.29) is 12.3 Å². The molecule has 0 bridgehead atoms. The van der Waals surface area contributed by atoms with E-state index >= 15 is 0 Å². The molecule has 0 fully saturated rings. The molecule has 6 heteroatoms. The van der Waals surface area contributed by atoms with Gasteiger partial charge < -0.3 is 10.1 Å². The Labute approximate surface area is 151 Å². The fraction of sp³-hybridized carbons (Fsp3) is 0.158. The molecule has 3 rings (SSSR count). The van der Waals surface area contributed by atoms with Crippen molar-refractivity contribution in [3.63, 3.8) is 0 Å². The van der Waals surface area contributed by atoms with Gasteiger partial charge in [0.05, 0.1) is 12.1 Å². The van der Waals surface area contributed by atoms with Crippen molar-refractivity contribution in [2.24, 2.45) is 7.05 Å². The first-order valence-corrected chi connectivity index (χ1v) is 8.20. The van der Waals surface area contributed by atoms with Gasteiger partial charge >= 0.3 is 0 Å². The lowest BCUT2D eigenvalue weighted by Crippen LogP contribution is -2.16. The van der Waals surface area contributed by atoms with Crippen LogP contribution >= 0.6 is 11.6 Å². The zero-order valence-corrected chi connectivity index (χ0v) is 14.7. The van der Waals surface area contributed by atoms with Crippen molar-refractivity contribution in [3.05, 3.63) is 70.9 Å². The van der Waals surface area contributed by atoms with E-state index < -0.39 is 0 Å². The molecule has 0 saturated carbocycles. The third kappa shape index (κ3) is 4.61. The molecule has 3 aromatic rings. The van der Waals surface area contributed by atoms with Crippen LogP contribution in [0.15, 0.2) is 54.6 Å². The molecular weight excluding hydrogens is 338 g/mol. The highest BCUT2D eigenvalue weighted by atomic mass is 35.5. The van der Waals surface area contributed by atoms with Crippen molar-refractivity contribution in [1.82, 2.24) is 9.78 Å².